The summed E-state index contributed by atoms with van der Waals surface area (Å²) in [4.78, 5) is 12.7. The molecule has 0 bridgehead atoms. The lowest BCUT2D eigenvalue weighted by atomic mass is 9.77. The molecule has 1 fully saturated rings. The van der Waals surface area contributed by atoms with Crippen LogP contribution in [0.25, 0.3) is 0 Å². The molecule has 6 heteroatoms. The van der Waals surface area contributed by atoms with Crippen molar-refractivity contribution in [1.29, 1.82) is 0 Å². The van der Waals surface area contributed by atoms with Crippen molar-refractivity contribution < 1.29 is 18.8 Å². The summed E-state index contributed by atoms with van der Waals surface area (Å²) in [5, 5.41) is 4.52. The largest absolute Gasteiger partial charge is 0.460 e. The zero-order valence-electron chi connectivity index (χ0n) is 22.7. The Morgan fingerprint density at radius 2 is 1.83 bits per heavy atom. The Kier molecular flexibility index (Phi) is 11.3. The number of benzene rings is 1. The topological polar surface area (TPSA) is 61.6 Å². The van der Waals surface area contributed by atoms with Crippen molar-refractivity contribution in [1.82, 2.24) is 5.16 Å². The maximum Gasteiger partial charge on any atom is 0.306 e. The molecule has 1 saturated carbocycles. The van der Waals surface area contributed by atoms with Crippen molar-refractivity contribution in [2.24, 2.45) is 11.8 Å². The van der Waals surface area contributed by atoms with Crippen LogP contribution in [0.4, 0.5) is 0 Å². The van der Waals surface area contributed by atoms with Gasteiger partial charge < -0.3 is 14.0 Å². The smallest absolute Gasteiger partial charge is 0.306 e. The van der Waals surface area contributed by atoms with Crippen molar-refractivity contribution in [3.05, 3.63) is 50.9 Å². The molecule has 3 rings (SSSR count). The number of carbonyl (C=O) groups is 1. The normalized spacial score (nSPS) is 19.4. The molecule has 1 heterocycles. The van der Waals surface area contributed by atoms with Gasteiger partial charge in [0.05, 0.1) is 16.6 Å². The lowest BCUT2D eigenvalue weighted by molar-refractivity contribution is -0.155. The minimum atomic E-state index is -0.503. The third kappa shape index (κ3) is 9.47. The number of carbonyl (C=O) groups excluding carboxylic acids is 1. The first-order chi connectivity index (χ1) is 17.1. The number of hydrogen-bond acceptors (Lipinski definition) is 5. The average molecular weight is 610 g/mol. The Hall–Kier alpha value is -1.41. The number of nitrogens with zero attached hydrogens (tertiary/aromatic N) is 1. The fraction of sp³-hybridized carbons (Fsp3) is 0.667. The monoisotopic (exact) mass is 609 g/mol. The summed E-state index contributed by atoms with van der Waals surface area (Å²) in [7, 11) is 0. The van der Waals surface area contributed by atoms with E-state index in [2.05, 4.69) is 53.7 Å². The summed E-state index contributed by atoms with van der Waals surface area (Å²) in [6.45, 7) is 11.6. The summed E-state index contributed by atoms with van der Waals surface area (Å²) < 4.78 is 18.6. The van der Waals surface area contributed by atoms with E-state index in [4.69, 9.17) is 14.0 Å². The average Bonchev–Trinajstić information content (AvgIpc) is 3.19. The van der Waals surface area contributed by atoms with Crippen LogP contribution in [-0.4, -0.2) is 23.3 Å². The van der Waals surface area contributed by atoms with Crippen LogP contribution in [0.2, 0.25) is 0 Å². The summed E-state index contributed by atoms with van der Waals surface area (Å²) in [5.41, 5.74) is 1.57. The number of halogens is 1. The minimum absolute atomic E-state index is 0.0399. The first-order valence-corrected chi connectivity index (χ1v) is 14.7. The van der Waals surface area contributed by atoms with Gasteiger partial charge in [-0.3, -0.25) is 4.79 Å². The van der Waals surface area contributed by atoms with E-state index in [0.717, 1.165) is 52.5 Å². The van der Waals surface area contributed by atoms with Gasteiger partial charge in [-0.05, 0) is 106 Å². The fourth-order valence-corrected chi connectivity index (χ4v) is 6.33. The second kappa shape index (κ2) is 13.9. The summed E-state index contributed by atoms with van der Waals surface area (Å²) in [5.74, 6) is 2.81. The van der Waals surface area contributed by atoms with E-state index >= 15 is 0 Å². The molecule has 2 aromatic rings. The van der Waals surface area contributed by atoms with E-state index in [-0.39, 0.29) is 11.9 Å². The summed E-state index contributed by atoms with van der Waals surface area (Å²) in [6, 6.07) is 10.2. The van der Waals surface area contributed by atoms with E-state index in [1.54, 1.807) is 0 Å². The molecule has 0 aliphatic heterocycles. The first-order valence-electron chi connectivity index (χ1n) is 13.6. The van der Waals surface area contributed by atoms with Crippen LogP contribution in [-0.2, 0) is 20.9 Å². The molecule has 1 atom stereocenters. The van der Waals surface area contributed by atoms with Gasteiger partial charge in [0.25, 0.3) is 0 Å². The van der Waals surface area contributed by atoms with E-state index in [1.165, 1.54) is 24.8 Å². The van der Waals surface area contributed by atoms with Gasteiger partial charge >= 0.3 is 5.97 Å². The molecule has 0 amide bonds. The molecule has 0 spiro atoms. The molecular formula is C30H44INO4. The molecule has 1 aromatic heterocycles. The van der Waals surface area contributed by atoms with Crippen molar-refractivity contribution >= 4 is 28.6 Å². The highest BCUT2D eigenvalue weighted by atomic mass is 127. The molecule has 0 radical (unpaired) electrons. The van der Waals surface area contributed by atoms with Crippen molar-refractivity contribution in [3.8, 4) is 0 Å². The Morgan fingerprint density at radius 1 is 1.14 bits per heavy atom. The molecule has 0 N–H and O–H groups in total. The van der Waals surface area contributed by atoms with Gasteiger partial charge in [-0.1, -0.05) is 49.3 Å². The van der Waals surface area contributed by atoms with Crippen LogP contribution in [0.15, 0.2) is 34.9 Å². The Morgan fingerprint density at radius 3 is 2.47 bits per heavy atom. The molecule has 5 nitrogen and oxygen atoms in total. The lowest BCUT2D eigenvalue weighted by Crippen LogP contribution is -2.25. The molecule has 1 aliphatic carbocycles. The zero-order chi connectivity index (χ0) is 26.1. The predicted molar refractivity (Wildman–Crippen MR) is 152 cm³/mol. The van der Waals surface area contributed by atoms with Crippen LogP contribution < -0.4 is 0 Å². The van der Waals surface area contributed by atoms with Crippen molar-refractivity contribution in [2.75, 3.05) is 6.61 Å². The van der Waals surface area contributed by atoms with Crippen LogP contribution in [0.3, 0.4) is 0 Å². The van der Waals surface area contributed by atoms with Crippen LogP contribution in [0.5, 0.6) is 0 Å². The molecular weight excluding hydrogens is 565 g/mol. The van der Waals surface area contributed by atoms with Gasteiger partial charge in [0.1, 0.15) is 11.3 Å². The van der Waals surface area contributed by atoms with Gasteiger partial charge in [-0.15, -0.1) is 0 Å². The van der Waals surface area contributed by atoms with Gasteiger partial charge in [0, 0.05) is 18.4 Å². The van der Waals surface area contributed by atoms with Crippen molar-refractivity contribution in [3.63, 3.8) is 0 Å². The second-order valence-electron chi connectivity index (χ2n) is 11.8. The van der Waals surface area contributed by atoms with Crippen LogP contribution >= 0.6 is 22.6 Å². The molecule has 1 aliphatic rings. The number of hydrogen-bond donors (Lipinski definition) is 0. The number of aromatic nitrogens is 1. The predicted octanol–water partition coefficient (Wildman–Crippen LogP) is 8.41. The van der Waals surface area contributed by atoms with E-state index in [0.29, 0.717) is 25.6 Å². The highest BCUT2D eigenvalue weighted by Gasteiger charge is 2.32. The highest BCUT2D eigenvalue weighted by Crippen LogP contribution is 2.42. The third-order valence-corrected chi connectivity index (χ3v) is 7.96. The van der Waals surface area contributed by atoms with Gasteiger partial charge in [0.2, 0.25) is 0 Å². The molecule has 1 unspecified atom stereocenters. The number of ether oxygens (including phenoxy) is 2. The van der Waals surface area contributed by atoms with E-state index < -0.39 is 5.60 Å². The zero-order valence-corrected chi connectivity index (χ0v) is 24.9. The van der Waals surface area contributed by atoms with E-state index in [1.807, 2.05) is 39.0 Å². The van der Waals surface area contributed by atoms with Crippen molar-refractivity contribution in [2.45, 2.75) is 110 Å². The minimum Gasteiger partial charge on any atom is -0.460 e. The Bertz CT molecular complexity index is 926. The quantitative estimate of drug-likeness (QED) is 0.137. The molecule has 36 heavy (non-hydrogen) atoms. The maximum absolute atomic E-state index is 12.7. The Balaban J connectivity index is 1.62. The third-order valence-electron chi connectivity index (χ3n) is 6.88. The van der Waals surface area contributed by atoms with E-state index in [9.17, 15) is 4.79 Å². The fourth-order valence-electron chi connectivity index (χ4n) is 5.26. The standard InChI is InChI=1S/C30H44INO4/c1-21(2)18-22-13-15-24(16-14-22)29-27(31)28(32-36-29)25(19-26(33)35-30(3,4)5)12-9-17-34-20-23-10-7-6-8-11-23/h6-8,10-11,21-22,24-25H,9,12-20H2,1-5H3/t22-,24+,25?. The lowest BCUT2D eigenvalue weighted by Gasteiger charge is -2.28. The van der Waals surface area contributed by atoms with Gasteiger partial charge in [0.15, 0.2) is 5.76 Å². The Labute approximate surface area is 231 Å². The van der Waals surface area contributed by atoms with Crippen LogP contribution in [0.1, 0.15) is 115 Å². The van der Waals surface area contributed by atoms with Crippen LogP contribution in [0, 0.1) is 15.4 Å². The van der Waals surface area contributed by atoms with Gasteiger partial charge in [-0.2, -0.15) is 0 Å². The maximum atomic E-state index is 12.7. The van der Waals surface area contributed by atoms with Gasteiger partial charge in [-0.25, -0.2) is 0 Å². The second-order valence-corrected chi connectivity index (χ2v) is 12.8. The first kappa shape index (κ1) is 29.2. The molecule has 0 saturated heterocycles. The molecule has 200 valence electrons. The SMILES string of the molecule is CC(C)C[C@H]1CC[C@@H](c2onc(C(CCCOCc3ccccc3)CC(=O)OC(C)(C)C)c2I)CC1. The number of rotatable bonds is 12. The summed E-state index contributed by atoms with van der Waals surface area (Å²) in [6.07, 6.45) is 8.10. The highest BCUT2D eigenvalue weighted by molar-refractivity contribution is 14.1. The molecule has 1 aromatic carbocycles. The number of esters is 1. The summed E-state index contributed by atoms with van der Waals surface area (Å²) >= 11 is 2.39.